The van der Waals surface area contributed by atoms with Gasteiger partial charge in [-0.25, -0.2) is 8.42 Å². The van der Waals surface area contributed by atoms with Gasteiger partial charge in [-0.3, -0.25) is 14.6 Å². The second-order valence-corrected chi connectivity index (χ2v) is 8.40. The van der Waals surface area contributed by atoms with Gasteiger partial charge < -0.3 is 10.6 Å². The Bertz CT molecular complexity index is 913. The van der Waals surface area contributed by atoms with E-state index in [4.69, 9.17) is 0 Å². The fourth-order valence-corrected chi connectivity index (χ4v) is 4.42. The number of hydrogen-bond donors (Lipinski definition) is 2. The number of rotatable bonds is 5. The number of sulfone groups is 1. The summed E-state index contributed by atoms with van der Waals surface area (Å²) in [6, 6.07) is 12.0. The quantitative estimate of drug-likeness (QED) is 0.811. The zero-order valence-corrected chi connectivity index (χ0v) is 14.8. The lowest BCUT2D eigenvalue weighted by atomic mass is 10.1. The van der Waals surface area contributed by atoms with Gasteiger partial charge >= 0.3 is 0 Å². The zero-order chi connectivity index (χ0) is 18.6. The Balaban J connectivity index is 1.62. The smallest absolute Gasteiger partial charge is 0.270 e. The van der Waals surface area contributed by atoms with Crippen molar-refractivity contribution in [3.8, 4) is 0 Å². The third-order valence-corrected chi connectivity index (χ3v) is 5.89. The van der Waals surface area contributed by atoms with Crippen LogP contribution in [0.5, 0.6) is 0 Å². The van der Waals surface area contributed by atoms with Crippen molar-refractivity contribution in [1.82, 2.24) is 15.6 Å². The summed E-state index contributed by atoms with van der Waals surface area (Å²) in [5, 5.41) is 5.45. The van der Waals surface area contributed by atoms with Gasteiger partial charge in [0.1, 0.15) is 5.69 Å². The van der Waals surface area contributed by atoms with Gasteiger partial charge in [-0.1, -0.05) is 30.3 Å². The predicted octanol–water partition coefficient (Wildman–Crippen LogP) is 0.929. The van der Waals surface area contributed by atoms with Crippen molar-refractivity contribution < 1.29 is 18.0 Å². The summed E-state index contributed by atoms with van der Waals surface area (Å²) in [5.74, 6) is -0.756. The minimum Gasteiger partial charge on any atom is -0.348 e. The minimum atomic E-state index is -3.07. The van der Waals surface area contributed by atoms with E-state index in [1.807, 2.05) is 30.3 Å². The Hall–Kier alpha value is -2.74. The normalized spacial score (nSPS) is 18.2. The number of nitrogens with one attached hydrogen (secondary N) is 2. The first-order valence-corrected chi connectivity index (χ1v) is 10.0. The first kappa shape index (κ1) is 18.1. The van der Waals surface area contributed by atoms with Gasteiger partial charge in [0.15, 0.2) is 9.84 Å². The highest BCUT2D eigenvalue weighted by Gasteiger charge is 2.29. The Kier molecular flexibility index (Phi) is 5.32. The lowest BCUT2D eigenvalue weighted by molar-refractivity contribution is 0.0941. The molecular formula is C18H19N3O4S. The molecule has 1 saturated heterocycles. The van der Waals surface area contributed by atoms with Crippen molar-refractivity contribution >= 4 is 21.7 Å². The molecule has 3 rings (SSSR count). The molecule has 2 amide bonds. The number of nitrogens with zero attached hydrogens (tertiary/aromatic N) is 1. The van der Waals surface area contributed by atoms with Gasteiger partial charge in [-0.2, -0.15) is 0 Å². The highest BCUT2D eigenvalue weighted by molar-refractivity contribution is 7.91. The standard InChI is InChI=1S/C18H19N3O4S/c22-17(21-15-7-9-26(24,25)12-15)14-6-8-19-16(10-14)18(23)20-11-13-4-2-1-3-5-13/h1-6,8,10,15H,7,9,11-12H2,(H,20,23)(H,21,22). The van der Waals surface area contributed by atoms with Gasteiger partial charge in [0, 0.05) is 24.3 Å². The Morgan fingerprint density at radius 2 is 1.88 bits per heavy atom. The van der Waals surface area contributed by atoms with Gasteiger partial charge in [0.25, 0.3) is 11.8 Å². The van der Waals surface area contributed by atoms with Gasteiger partial charge in [-0.15, -0.1) is 0 Å². The molecule has 1 unspecified atom stereocenters. The van der Waals surface area contributed by atoms with Crippen LogP contribution >= 0.6 is 0 Å². The molecule has 1 aromatic heterocycles. The van der Waals surface area contributed by atoms with Crippen LogP contribution in [0.15, 0.2) is 48.7 Å². The molecule has 0 bridgehead atoms. The van der Waals surface area contributed by atoms with Crippen LogP contribution in [0.4, 0.5) is 0 Å². The highest BCUT2D eigenvalue weighted by Crippen LogP contribution is 2.12. The van der Waals surface area contributed by atoms with Gasteiger partial charge in [0.2, 0.25) is 0 Å². The van der Waals surface area contributed by atoms with Crippen molar-refractivity contribution in [2.24, 2.45) is 0 Å². The van der Waals surface area contributed by atoms with E-state index >= 15 is 0 Å². The molecule has 2 heterocycles. The molecule has 1 aromatic carbocycles. The maximum atomic E-state index is 12.3. The lowest BCUT2D eigenvalue weighted by Crippen LogP contribution is -2.35. The molecule has 0 spiro atoms. The predicted molar refractivity (Wildman–Crippen MR) is 96.4 cm³/mol. The van der Waals surface area contributed by atoms with Crippen LogP contribution in [0.2, 0.25) is 0 Å². The summed E-state index contributed by atoms with van der Waals surface area (Å²) in [6.07, 6.45) is 1.79. The summed E-state index contributed by atoms with van der Waals surface area (Å²) < 4.78 is 23.0. The number of amides is 2. The number of carbonyl (C=O) groups excluding carboxylic acids is 2. The van der Waals surface area contributed by atoms with Crippen LogP contribution in [0.3, 0.4) is 0 Å². The molecule has 136 valence electrons. The maximum absolute atomic E-state index is 12.3. The fraction of sp³-hybridized carbons (Fsp3) is 0.278. The van der Waals surface area contributed by atoms with Crippen LogP contribution < -0.4 is 10.6 Å². The number of hydrogen-bond acceptors (Lipinski definition) is 5. The molecule has 2 aromatic rings. The van der Waals surface area contributed by atoms with E-state index in [1.165, 1.54) is 18.3 Å². The van der Waals surface area contributed by atoms with E-state index < -0.39 is 21.8 Å². The number of pyridine rings is 1. The number of benzene rings is 1. The van der Waals surface area contributed by atoms with Crippen LogP contribution in [-0.4, -0.2) is 42.8 Å². The summed E-state index contributed by atoms with van der Waals surface area (Å²) in [7, 11) is -3.07. The topological polar surface area (TPSA) is 105 Å². The van der Waals surface area contributed by atoms with E-state index in [0.717, 1.165) is 5.56 Å². The van der Waals surface area contributed by atoms with E-state index in [1.54, 1.807) is 0 Å². The molecule has 0 radical (unpaired) electrons. The molecule has 26 heavy (non-hydrogen) atoms. The van der Waals surface area contributed by atoms with E-state index in [9.17, 15) is 18.0 Å². The van der Waals surface area contributed by atoms with Crippen molar-refractivity contribution in [2.75, 3.05) is 11.5 Å². The summed E-state index contributed by atoms with van der Waals surface area (Å²) in [6.45, 7) is 0.359. The van der Waals surface area contributed by atoms with Crippen LogP contribution in [-0.2, 0) is 16.4 Å². The molecule has 1 atom stereocenters. The zero-order valence-electron chi connectivity index (χ0n) is 14.0. The second-order valence-electron chi connectivity index (χ2n) is 6.17. The molecule has 0 aliphatic carbocycles. The average Bonchev–Trinajstić information content (AvgIpc) is 2.99. The molecule has 1 aliphatic heterocycles. The Labute approximate surface area is 151 Å². The second kappa shape index (κ2) is 7.65. The highest BCUT2D eigenvalue weighted by atomic mass is 32.2. The first-order chi connectivity index (χ1) is 12.4. The van der Waals surface area contributed by atoms with Crippen LogP contribution in [0.1, 0.15) is 32.8 Å². The molecule has 1 aliphatic rings. The number of aromatic nitrogens is 1. The van der Waals surface area contributed by atoms with Crippen molar-refractivity contribution in [1.29, 1.82) is 0 Å². The summed E-state index contributed by atoms with van der Waals surface area (Å²) >= 11 is 0. The van der Waals surface area contributed by atoms with Crippen LogP contribution in [0.25, 0.3) is 0 Å². The minimum absolute atomic E-state index is 0.0474. The molecular weight excluding hydrogens is 354 g/mol. The summed E-state index contributed by atoms with van der Waals surface area (Å²) in [5.41, 5.74) is 1.36. The van der Waals surface area contributed by atoms with E-state index in [-0.39, 0.29) is 28.7 Å². The first-order valence-electron chi connectivity index (χ1n) is 8.22. The molecule has 7 nitrogen and oxygen atoms in total. The van der Waals surface area contributed by atoms with Gasteiger partial charge in [0.05, 0.1) is 11.5 Å². The fourth-order valence-electron chi connectivity index (χ4n) is 2.74. The third kappa shape index (κ3) is 4.66. The summed E-state index contributed by atoms with van der Waals surface area (Å²) in [4.78, 5) is 28.5. The Morgan fingerprint density at radius 3 is 2.58 bits per heavy atom. The third-order valence-electron chi connectivity index (χ3n) is 4.12. The maximum Gasteiger partial charge on any atom is 0.270 e. The Morgan fingerprint density at radius 1 is 1.12 bits per heavy atom. The monoisotopic (exact) mass is 373 g/mol. The van der Waals surface area contributed by atoms with E-state index in [2.05, 4.69) is 15.6 Å². The van der Waals surface area contributed by atoms with E-state index in [0.29, 0.717) is 13.0 Å². The largest absolute Gasteiger partial charge is 0.348 e. The molecule has 0 saturated carbocycles. The van der Waals surface area contributed by atoms with Gasteiger partial charge in [-0.05, 0) is 24.1 Å². The average molecular weight is 373 g/mol. The lowest BCUT2D eigenvalue weighted by Gasteiger charge is -2.11. The number of carbonyl (C=O) groups is 2. The van der Waals surface area contributed by atoms with Crippen LogP contribution in [0, 0.1) is 0 Å². The van der Waals surface area contributed by atoms with Crippen molar-refractivity contribution in [3.05, 3.63) is 65.5 Å². The molecule has 2 N–H and O–H groups in total. The molecule has 8 heteroatoms. The van der Waals surface area contributed by atoms with Crippen molar-refractivity contribution in [2.45, 2.75) is 19.0 Å². The molecule has 1 fully saturated rings. The van der Waals surface area contributed by atoms with Crippen molar-refractivity contribution in [3.63, 3.8) is 0 Å². The SMILES string of the molecule is O=C(NC1CCS(=O)(=O)C1)c1ccnc(C(=O)NCc2ccccc2)c1.